The Hall–Kier alpha value is -0.260. The molecule has 4 rings (SSSR count). The summed E-state index contributed by atoms with van der Waals surface area (Å²) >= 11 is 0. The molecule has 8 unspecified atom stereocenters. The molecule has 0 radical (unpaired) electrons. The third-order valence-electron chi connectivity index (χ3n) is 11.1. The molecule has 0 aromatic carbocycles. The van der Waals surface area contributed by atoms with E-state index in [9.17, 15) is 0 Å². The Balaban J connectivity index is 1.46. The molecule has 28 heavy (non-hydrogen) atoms. The zero-order chi connectivity index (χ0) is 20.1. The van der Waals surface area contributed by atoms with Crippen LogP contribution in [0.5, 0.6) is 0 Å². The van der Waals surface area contributed by atoms with Crippen molar-refractivity contribution in [2.75, 3.05) is 0 Å². The van der Waals surface area contributed by atoms with Crippen LogP contribution in [0.2, 0.25) is 0 Å². The molecule has 4 aliphatic rings. The van der Waals surface area contributed by atoms with Crippen molar-refractivity contribution in [3.05, 3.63) is 11.6 Å². The van der Waals surface area contributed by atoms with Gasteiger partial charge in [-0.25, -0.2) is 0 Å². The van der Waals surface area contributed by atoms with Crippen LogP contribution in [0.1, 0.15) is 112 Å². The van der Waals surface area contributed by atoms with Crippen molar-refractivity contribution in [2.45, 2.75) is 112 Å². The van der Waals surface area contributed by atoms with Gasteiger partial charge < -0.3 is 0 Å². The predicted octanol–water partition coefficient (Wildman–Crippen LogP) is 8.66. The van der Waals surface area contributed by atoms with Gasteiger partial charge in [-0.2, -0.15) is 0 Å². The van der Waals surface area contributed by atoms with E-state index in [0.717, 1.165) is 41.4 Å². The standard InChI is InChI=1S/C28H48/c1-7-21(19(2)3)11-10-20(4)24-14-15-25-23-13-12-22-9-8-17-27(22,5)26(23)16-18-28(24,25)6/h7,19-20,22-26H,8-18H2,1-6H3/b21-7+. The fourth-order valence-corrected chi connectivity index (χ4v) is 9.47. The van der Waals surface area contributed by atoms with Gasteiger partial charge in [-0.3, -0.25) is 0 Å². The summed E-state index contributed by atoms with van der Waals surface area (Å²) in [4.78, 5) is 0. The summed E-state index contributed by atoms with van der Waals surface area (Å²) in [5.41, 5.74) is 3.05. The topological polar surface area (TPSA) is 0 Å². The van der Waals surface area contributed by atoms with Crippen LogP contribution in [-0.2, 0) is 0 Å². The Morgan fingerprint density at radius 2 is 1.64 bits per heavy atom. The lowest BCUT2D eigenvalue weighted by atomic mass is 9.47. The largest absolute Gasteiger partial charge is 0.0882 e. The first-order chi connectivity index (χ1) is 13.3. The van der Waals surface area contributed by atoms with Crippen molar-refractivity contribution < 1.29 is 0 Å². The monoisotopic (exact) mass is 384 g/mol. The first kappa shape index (κ1) is 21.0. The molecule has 0 heterocycles. The molecule has 0 nitrogen and oxygen atoms in total. The van der Waals surface area contributed by atoms with Crippen LogP contribution in [-0.4, -0.2) is 0 Å². The van der Waals surface area contributed by atoms with E-state index < -0.39 is 0 Å². The highest BCUT2D eigenvalue weighted by atomic mass is 14.6. The van der Waals surface area contributed by atoms with Gasteiger partial charge in [0.15, 0.2) is 0 Å². The predicted molar refractivity (Wildman–Crippen MR) is 122 cm³/mol. The van der Waals surface area contributed by atoms with Gasteiger partial charge in [-0.15, -0.1) is 0 Å². The first-order valence-electron chi connectivity index (χ1n) is 13.0. The quantitative estimate of drug-likeness (QED) is 0.416. The molecular formula is C28H48. The van der Waals surface area contributed by atoms with Crippen molar-refractivity contribution in [2.24, 2.45) is 52.3 Å². The zero-order valence-corrected chi connectivity index (χ0v) is 19.9. The fourth-order valence-electron chi connectivity index (χ4n) is 9.47. The molecule has 160 valence electrons. The molecule has 0 bridgehead atoms. The lowest BCUT2D eigenvalue weighted by Gasteiger charge is -2.58. The maximum absolute atomic E-state index is 2.74. The lowest BCUT2D eigenvalue weighted by molar-refractivity contribution is -0.0900. The Bertz CT molecular complexity index is 585. The smallest absolute Gasteiger partial charge is 0.0260 e. The molecular weight excluding hydrogens is 336 g/mol. The molecule has 0 aliphatic heterocycles. The molecule has 0 amide bonds. The maximum Gasteiger partial charge on any atom is -0.0260 e. The van der Waals surface area contributed by atoms with Crippen LogP contribution in [0, 0.1) is 52.3 Å². The molecule has 0 heteroatoms. The highest BCUT2D eigenvalue weighted by Gasteiger charge is 2.60. The maximum atomic E-state index is 2.74. The highest BCUT2D eigenvalue weighted by molar-refractivity contribution is 5.10. The Labute approximate surface area is 176 Å². The van der Waals surface area contributed by atoms with Gasteiger partial charge in [0, 0.05) is 0 Å². The van der Waals surface area contributed by atoms with E-state index >= 15 is 0 Å². The van der Waals surface area contributed by atoms with Crippen LogP contribution in [0.4, 0.5) is 0 Å². The van der Waals surface area contributed by atoms with E-state index in [0.29, 0.717) is 10.8 Å². The van der Waals surface area contributed by atoms with Crippen molar-refractivity contribution in [3.63, 3.8) is 0 Å². The second-order valence-electron chi connectivity index (χ2n) is 12.3. The van der Waals surface area contributed by atoms with E-state index in [1.54, 1.807) is 44.1 Å². The van der Waals surface area contributed by atoms with Crippen LogP contribution in [0.15, 0.2) is 11.6 Å². The SMILES string of the molecule is C/C=C(\CCC(C)C1CCC2C3CCC4CCCC4(C)C3CCC12C)C(C)C. The molecule has 0 spiro atoms. The summed E-state index contributed by atoms with van der Waals surface area (Å²) in [5.74, 6) is 6.86. The minimum Gasteiger partial charge on any atom is -0.0882 e. The van der Waals surface area contributed by atoms with Crippen LogP contribution in [0.25, 0.3) is 0 Å². The van der Waals surface area contributed by atoms with Gasteiger partial charge in [0.2, 0.25) is 0 Å². The number of rotatable bonds is 5. The van der Waals surface area contributed by atoms with E-state index in [-0.39, 0.29) is 0 Å². The molecule has 0 saturated heterocycles. The Morgan fingerprint density at radius 3 is 2.36 bits per heavy atom. The van der Waals surface area contributed by atoms with E-state index in [2.05, 4.69) is 47.6 Å². The van der Waals surface area contributed by atoms with Crippen LogP contribution in [0.3, 0.4) is 0 Å². The summed E-state index contributed by atoms with van der Waals surface area (Å²) in [6.07, 6.45) is 19.1. The zero-order valence-electron chi connectivity index (χ0n) is 19.9. The van der Waals surface area contributed by atoms with Crippen LogP contribution < -0.4 is 0 Å². The van der Waals surface area contributed by atoms with Gasteiger partial charge in [0.25, 0.3) is 0 Å². The Kier molecular flexibility index (Phi) is 5.83. The molecule has 4 saturated carbocycles. The van der Waals surface area contributed by atoms with Gasteiger partial charge >= 0.3 is 0 Å². The summed E-state index contributed by atoms with van der Waals surface area (Å²) in [6.45, 7) is 15.0. The van der Waals surface area contributed by atoms with Crippen molar-refractivity contribution in [3.8, 4) is 0 Å². The second-order valence-corrected chi connectivity index (χ2v) is 12.3. The normalized spacial score (nSPS) is 47.0. The minimum absolute atomic E-state index is 0.649. The van der Waals surface area contributed by atoms with E-state index in [1.807, 2.05) is 0 Å². The molecule has 4 aliphatic carbocycles. The number of hydrogen-bond acceptors (Lipinski definition) is 0. The van der Waals surface area contributed by atoms with Gasteiger partial charge in [-0.1, -0.05) is 52.7 Å². The minimum atomic E-state index is 0.649. The summed E-state index contributed by atoms with van der Waals surface area (Å²) in [5, 5.41) is 0. The summed E-state index contributed by atoms with van der Waals surface area (Å²) in [6, 6.07) is 0. The molecule has 0 aromatic rings. The fraction of sp³-hybridized carbons (Fsp3) is 0.929. The molecule has 0 aromatic heterocycles. The summed E-state index contributed by atoms with van der Waals surface area (Å²) in [7, 11) is 0. The molecule has 8 atom stereocenters. The first-order valence-corrected chi connectivity index (χ1v) is 13.0. The van der Waals surface area contributed by atoms with Crippen molar-refractivity contribution in [1.29, 1.82) is 0 Å². The third kappa shape index (κ3) is 3.24. The average Bonchev–Trinajstić information content (AvgIpc) is 3.21. The van der Waals surface area contributed by atoms with Crippen molar-refractivity contribution in [1.82, 2.24) is 0 Å². The van der Waals surface area contributed by atoms with Gasteiger partial charge in [0.05, 0.1) is 0 Å². The summed E-state index contributed by atoms with van der Waals surface area (Å²) < 4.78 is 0. The van der Waals surface area contributed by atoms with Crippen molar-refractivity contribution >= 4 is 0 Å². The highest BCUT2D eigenvalue weighted by Crippen LogP contribution is 2.69. The molecule has 0 N–H and O–H groups in total. The number of hydrogen-bond donors (Lipinski definition) is 0. The van der Waals surface area contributed by atoms with E-state index in [4.69, 9.17) is 0 Å². The lowest BCUT2D eigenvalue weighted by Crippen LogP contribution is -2.50. The van der Waals surface area contributed by atoms with Gasteiger partial charge in [-0.05, 0) is 123 Å². The van der Waals surface area contributed by atoms with Gasteiger partial charge in [0.1, 0.15) is 0 Å². The number of allylic oxidation sites excluding steroid dienone is 2. The van der Waals surface area contributed by atoms with E-state index in [1.165, 1.54) is 32.1 Å². The number of fused-ring (bicyclic) bond motifs is 5. The average molecular weight is 385 g/mol. The van der Waals surface area contributed by atoms with Crippen LogP contribution >= 0.6 is 0 Å². The molecule has 4 fully saturated rings. The second kappa shape index (κ2) is 7.77. The third-order valence-corrected chi connectivity index (χ3v) is 11.1. The Morgan fingerprint density at radius 1 is 0.893 bits per heavy atom.